The first-order chi connectivity index (χ1) is 28.2. The van der Waals surface area contributed by atoms with Gasteiger partial charge < -0.3 is 4.57 Å². The van der Waals surface area contributed by atoms with Crippen molar-refractivity contribution in [2.24, 2.45) is 0 Å². The van der Waals surface area contributed by atoms with E-state index in [1.54, 1.807) is 0 Å². The van der Waals surface area contributed by atoms with E-state index in [4.69, 9.17) is 19.9 Å². The third kappa shape index (κ3) is 5.72. The summed E-state index contributed by atoms with van der Waals surface area (Å²) in [5, 5.41) is 5.85. The van der Waals surface area contributed by atoms with Gasteiger partial charge in [-0.2, -0.15) is 0 Å². The molecule has 0 aliphatic heterocycles. The monoisotopic (exact) mass is 727 g/mol. The van der Waals surface area contributed by atoms with Crippen LogP contribution in [0.1, 0.15) is 0 Å². The van der Waals surface area contributed by atoms with E-state index in [2.05, 4.69) is 162 Å². The zero-order valence-corrected chi connectivity index (χ0v) is 30.8. The number of fused-ring (bicyclic) bond motifs is 5. The fraction of sp³-hybridized carbons (Fsp3) is 0. The van der Waals surface area contributed by atoms with Gasteiger partial charge in [-0.1, -0.05) is 152 Å². The van der Waals surface area contributed by atoms with Gasteiger partial charge in [0.15, 0.2) is 17.5 Å². The van der Waals surface area contributed by atoms with Gasteiger partial charge in [0.1, 0.15) is 0 Å². The van der Waals surface area contributed by atoms with Crippen molar-refractivity contribution in [2.75, 3.05) is 0 Å². The lowest BCUT2D eigenvalue weighted by Gasteiger charge is -2.13. The van der Waals surface area contributed by atoms with Crippen LogP contribution in [0.3, 0.4) is 0 Å². The predicted octanol–water partition coefficient (Wildman–Crippen LogP) is 13.0. The molecule has 3 heterocycles. The van der Waals surface area contributed by atoms with E-state index in [9.17, 15) is 0 Å². The number of hydrogen-bond donors (Lipinski definition) is 0. The number of aromatic nitrogens is 5. The number of benzene rings is 8. The first-order valence-electron chi connectivity index (χ1n) is 19.1. The molecule has 0 bridgehead atoms. The Hall–Kier alpha value is -7.76. The lowest BCUT2D eigenvalue weighted by Crippen LogP contribution is -2.00. The molecule has 0 N–H and O–H groups in total. The zero-order valence-electron chi connectivity index (χ0n) is 30.8. The molecule has 0 amide bonds. The second-order valence-electron chi connectivity index (χ2n) is 14.3. The average Bonchev–Trinajstić information content (AvgIpc) is 3.63. The van der Waals surface area contributed by atoms with E-state index >= 15 is 0 Å². The molecule has 0 fully saturated rings. The van der Waals surface area contributed by atoms with Crippen molar-refractivity contribution < 1.29 is 0 Å². The lowest BCUT2D eigenvalue weighted by molar-refractivity contribution is 1.08. The Morgan fingerprint density at radius 2 is 0.895 bits per heavy atom. The molecule has 57 heavy (non-hydrogen) atoms. The van der Waals surface area contributed by atoms with E-state index in [0.29, 0.717) is 17.5 Å². The third-order valence-electron chi connectivity index (χ3n) is 10.9. The molecule has 3 aromatic heterocycles. The van der Waals surface area contributed by atoms with E-state index < -0.39 is 0 Å². The molecule has 0 spiro atoms. The Labute approximate surface area is 329 Å². The van der Waals surface area contributed by atoms with Gasteiger partial charge in [0.25, 0.3) is 0 Å². The number of para-hydroxylation sites is 2. The van der Waals surface area contributed by atoms with Gasteiger partial charge in [-0.25, -0.2) is 15.0 Å². The van der Waals surface area contributed by atoms with Crippen molar-refractivity contribution in [3.05, 3.63) is 200 Å². The highest BCUT2D eigenvalue weighted by atomic mass is 15.0. The summed E-state index contributed by atoms with van der Waals surface area (Å²) in [5.74, 6) is 1.91. The molecule has 266 valence electrons. The third-order valence-corrected chi connectivity index (χ3v) is 10.9. The Balaban J connectivity index is 0.988. The summed E-state index contributed by atoms with van der Waals surface area (Å²) in [4.78, 5) is 19.9. The SMILES string of the molecule is c1ccc(-c2nc(-c3ccc(-c4cc(-c5ccc(-n6c7ccccc7c7ccccc76)cc5)cc5cccnc45)cc3)nc(-c3cccc4ccccc34)n2)cc1. The standard InChI is InChI=1S/C52H33N5/c1-2-13-37(14-3-1)50-54-51(56-52(55-50)45-20-10-15-35-12-4-5-17-42(35)45)38-25-23-36(24-26-38)46-33-40(32-39-16-11-31-53-49(39)46)34-27-29-41(30-28-34)57-47-21-8-6-18-43(47)44-19-7-9-22-48(44)57/h1-33H. The molecule has 0 saturated heterocycles. The second kappa shape index (κ2) is 13.5. The molecular formula is C52H33N5. The van der Waals surface area contributed by atoms with Gasteiger partial charge in [0.2, 0.25) is 0 Å². The highest BCUT2D eigenvalue weighted by Crippen LogP contribution is 2.37. The molecule has 0 unspecified atom stereocenters. The van der Waals surface area contributed by atoms with Crippen LogP contribution in [-0.2, 0) is 0 Å². The minimum absolute atomic E-state index is 0.624. The number of pyridine rings is 1. The molecule has 11 rings (SSSR count). The molecular weight excluding hydrogens is 695 g/mol. The summed E-state index contributed by atoms with van der Waals surface area (Å²) >= 11 is 0. The summed E-state index contributed by atoms with van der Waals surface area (Å²) in [6.07, 6.45) is 1.87. The van der Waals surface area contributed by atoms with E-state index in [0.717, 1.165) is 66.3 Å². The van der Waals surface area contributed by atoms with E-state index in [1.165, 1.54) is 21.8 Å². The average molecular weight is 728 g/mol. The lowest BCUT2D eigenvalue weighted by atomic mass is 9.95. The van der Waals surface area contributed by atoms with Gasteiger partial charge in [-0.3, -0.25) is 4.98 Å². The summed E-state index contributed by atoms with van der Waals surface area (Å²) in [7, 11) is 0. The van der Waals surface area contributed by atoms with Crippen molar-refractivity contribution in [2.45, 2.75) is 0 Å². The van der Waals surface area contributed by atoms with Gasteiger partial charge in [0, 0.05) is 50.3 Å². The van der Waals surface area contributed by atoms with Crippen molar-refractivity contribution in [1.82, 2.24) is 24.5 Å². The van der Waals surface area contributed by atoms with Gasteiger partial charge in [-0.15, -0.1) is 0 Å². The predicted molar refractivity (Wildman–Crippen MR) is 234 cm³/mol. The molecule has 0 atom stereocenters. The van der Waals surface area contributed by atoms with Crippen LogP contribution in [0.2, 0.25) is 0 Å². The fourth-order valence-corrected chi connectivity index (χ4v) is 8.14. The number of nitrogens with zero attached hydrogens (tertiary/aromatic N) is 5. The molecule has 5 nitrogen and oxygen atoms in total. The van der Waals surface area contributed by atoms with E-state index in [-0.39, 0.29) is 0 Å². The molecule has 5 heteroatoms. The van der Waals surface area contributed by atoms with Crippen LogP contribution in [0.4, 0.5) is 0 Å². The van der Waals surface area contributed by atoms with Crippen molar-refractivity contribution in [1.29, 1.82) is 0 Å². The minimum atomic E-state index is 0.624. The molecule has 0 aliphatic carbocycles. The molecule has 11 aromatic rings. The Morgan fingerprint density at radius 3 is 1.63 bits per heavy atom. The van der Waals surface area contributed by atoms with E-state index in [1.807, 2.05) is 42.6 Å². The van der Waals surface area contributed by atoms with Gasteiger partial charge in [0.05, 0.1) is 16.6 Å². The minimum Gasteiger partial charge on any atom is -0.309 e. The quantitative estimate of drug-likeness (QED) is 0.171. The first kappa shape index (κ1) is 32.7. The first-order valence-corrected chi connectivity index (χ1v) is 19.1. The Morgan fingerprint density at radius 1 is 0.333 bits per heavy atom. The van der Waals surface area contributed by atoms with Crippen LogP contribution in [-0.4, -0.2) is 24.5 Å². The van der Waals surface area contributed by atoms with Crippen molar-refractivity contribution in [3.8, 4) is 62.1 Å². The fourth-order valence-electron chi connectivity index (χ4n) is 8.14. The smallest absolute Gasteiger partial charge is 0.164 e. The Kier molecular flexibility index (Phi) is 7.74. The Bertz CT molecular complexity index is 3220. The van der Waals surface area contributed by atoms with Crippen LogP contribution < -0.4 is 0 Å². The highest BCUT2D eigenvalue weighted by Gasteiger charge is 2.16. The molecule has 0 saturated carbocycles. The zero-order chi connectivity index (χ0) is 37.7. The summed E-state index contributed by atoms with van der Waals surface area (Å²) in [5.41, 5.74) is 11.7. The maximum Gasteiger partial charge on any atom is 0.164 e. The summed E-state index contributed by atoms with van der Waals surface area (Å²) < 4.78 is 2.35. The number of hydrogen-bond acceptors (Lipinski definition) is 4. The second-order valence-corrected chi connectivity index (χ2v) is 14.3. The largest absolute Gasteiger partial charge is 0.309 e. The van der Waals surface area contributed by atoms with Crippen molar-refractivity contribution >= 4 is 43.5 Å². The summed E-state index contributed by atoms with van der Waals surface area (Å²) in [6, 6.07) is 68.0. The van der Waals surface area contributed by atoms with Crippen LogP contribution in [0, 0.1) is 0 Å². The molecule has 0 aliphatic rings. The molecule has 8 aromatic carbocycles. The molecule has 0 radical (unpaired) electrons. The van der Waals surface area contributed by atoms with Crippen LogP contribution >= 0.6 is 0 Å². The number of rotatable bonds is 6. The maximum atomic E-state index is 5.08. The van der Waals surface area contributed by atoms with Crippen LogP contribution in [0.15, 0.2) is 200 Å². The normalized spacial score (nSPS) is 11.5. The highest BCUT2D eigenvalue weighted by molar-refractivity contribution is 6.09. The van der Waals surface area contributed by atoms with Gasteiger partial charge >= 0.3 is 0 Å². The topological polar surface area (TPSA) is 56.5 Å². The van der Waals surface area contributed by atoms with Gasteiger partial charge in [-0.05, 0) is 69.9 Å². The van der Waals surface area contributed by atoms with Crippen molar-refractivity contribution in [3.63, 3.8) is 0 Å². The summed E-state index contributed by atoms with van der Waals surface area (Å²) in [6.45, 7) is 0. The van der Waals surface area contributed by atoms with Crippen LogP contribution in [0.25, 0.3) is 106 Å². The van der Waals surface area contributed by atoms with Crippen LogP contribution in [0.5, 0.6) is 0 Å². The maximum absolute atomic E-state index is 5.08.